The van der Waals surface area contributed by atoms with Gasteiger partial charge in [0, 0.05) is 11.2 Å². The van der Waals surface area contributed by atoms with E-state index in [2.05, 4.69) is 15.4 Å². The summed E-state index contributed by atoms with van der Waals surface area (Å²) >= 11 is 5.18. The van der Waals surface area contributed by atoms with E-state index in [0.29, 0.717) is 10.7 Å². The van der Waals surface area contributed by atoms with Gasteiger partial charge in [-0.05, 0) is 51.2 Å². The summed E-state index contributed by atoms with van der Waals surface area (Å²) in [5.74, 6) is -0.367. The SMILES string of the molecule is COC(=O)c1cccc(NC(=S)NC(C)(C)C)c1. The Bertz CT molecular complexity index is 453. The number of ether oxygens (including phenoxy) is 1. The fourth-order valence-corrected chi connectivity index (χ4v) is 1.77. The Morgan fingerprint density at radius 1 is 1.33 bits per heavy atom. The van der Waals surface area contributed by atoms with Gasteiger partial charge in [-0.3, -0.25) is 0 Å². The summed E-state index contributed by atoms with van der Waals surface area (Å²) in [5, 5.41) is 6.68. The second-order valence-corrected chi connectivity index (χ2v) is 5.31. The molecule has 0 amide bonds. The summed E-state index contributed by atoms with van der Waals surface area (Å²) < 4.78 is 4.66. The topological polar surface area (TPSA) is 50.4 Å². The van der Waals surface area contributed by atoms with Crippen molar-refractivity contribution >= 4 is 29.0 Å². The summed E-state index contributed by atoms with van der Waals surface area (Å²) in [5.41, 5.74) is 1.13. The Hall–Kier alpha value is -1.62. The van der Waals surface area contributed by atoms with Crippen molar-refractivity contribution in [2.75, 3.05) is 12.4 Å². The van der Waals surface area contributed by atoms with Crippen LogP contribution in [0, 0.1) is 0 Å². The first kappa shape index (κ1) is 14.4. The predicted molar refractivity (Wildman–Crippen MR) is 76.9 cm³/mol. The molecule has 0 saturated carbocycles. The second-order valence-electron chi connectivity index (χ2n) is 4.90. The maximum absolute atomic E-state index is 11.4. The first-order valence-electron chi connectivity index (χ1n) is 5.59. The highest BCUT2D eigenvalue weighted by molar-refractivity contribution is 7.80. The molecular formula is C13H18N2O2S. The molecule has 0 bridgehead atoms. The number of carbonyl (C=O) groups is 1. The molecule has 0 aliphatic carbocycles. The summed E-state index contributed by atoms with van der Waals surface area (Å²) in [6, 6.07) is 7.00. The van der Waals surface area contributed by atoms with Crippen molar-refractivity contribution in [3.8, 4) is 0 Å². The summed E-state index contributed by atoms with van der Waals surface area (Å²) in [6.07, 6.45) is 0. The van der Waals surface area contributed by atoms with Crippen LogP contribution >= 0.6 is 12.2 Å². The van der Waals surface area contributed by atoms with E-state index in [1.165, 1.54) is 7.11 Å². The third kappa shape index (κ3) is 4.71. The van der Waals surface area contributed by atoms with Crippen LogP contribution in [-0.2, 0) is 4.74 Å². The van der Waals surface area contributed by atoms with Gasteiger partial charge in [-0.25, -0.2) is 4.79 Å². The lowest BCUT2D eigenvalue weighted by Gasteiger charge is -2.23. The quantitative estimate of drug-likeness (QED) is 0.636. The fourth-order valence-electron chi connectivity index (χ4n) is 1.34. The van der Waals surface area contributed by atoms with Gasteiger partial charge in [0.05, 0.1) is 12.7 Å². The van der Waals surface area contributed by atoms with Crippen molar-refractivity contribution in [1.29, 1.82) is 0 Å². The number of thiocarbonyl (C=S) groups is 1. The lowest BCUT2D eigenvalue weighted by Crippen LogP contribution is -2.42. The van der Waals surface area contributed by atoms with Gasteiger partial charge in [0.2, 0.25) is 0 Å². The Morgan fingerprint density at radius 2 is 2.00 bits per heavy atom. The van der Waals surface area contributed by atoms with Crippen molar-refractivity contribution < 1.29 is 9.53 Å². The van der Waals surface area contributed by atoms with Gasteiger partial charge in [-0.15, -0.1) is 0 Å². The van der Waals surface area contributed by atoms with Crippen LogP contribution in [0.5, 0.6) is 0 Å². The fraction of sp³-hybridized carbons (Fsp3) is 0.385. The molecule has 18 heavy (non-hydrogen) atoms. The predicted octanol–water partition coefficient (Wildman–Crippen LogP) is 2.56. The van der Waals surface area contributed by atoms with Gasteiger partial charge < -0.3 is 15.4 Å². The highest BCUT2D eigenvalue weighted by atomic mass is 32.1. The lowest BCUT2D eigenvalue weighted by molar-refractivity contribution is 0.0601. The minimum absolute atomic E-state index is 0.107. The molecule has 0 radical (unpaired) electrons. The zero-order valence-corrected chi connectivity index (χ0v) is 11.9. The second kappa shape index (κ2) is 5.82. The number of methoxy groups -OCH3 is 1. The highest BCUT2D eigenvalue weighted by Gasteiger charge is 2.11. The van der Waals surface area contributed by atoms with Gasteiger partial charge in [0.1, 0.15) is 0 Å². The van der Waals surface area contributed by atoms with Gasteiger partial charge in [-0.1, -0.05) is 6.07 Å². The number of benzene rings is 1. The number of hydrogen-bond acceptors (Lipinski definition) is 3. The maximum Gasteiger partial charge on any atom is 0.337 e. The van der Waals surface area contributed by atoms with Crippen LogP contribution in [0.25, 0.3) is 0 Å². The van der Waals surface area contributed by atoms with Crippen LogP contribution in [0.1, 0.15) is 31.1 Å². The van der Waals surface area contributed by atoms with E-state index < -0.39 is 0 Å². The standard InChI is InChI=1S/C13H18N2O2S/c1-13(2,3)15-12(18)14-10-7-5-6-9(8-10)11(16)17-4/h5-8H,1-4H3,(H2,14,15,18). The van der Waals surface area contributed by atoms with Crippen molar-refractivity contribution in [3.63, 3.8) is 0 Å². The summed E-state index contributed by atoms with van der Waals surface area (Å²) in [6.45, 7) is 6.06. The van der Waals surface area contributed by atoms with E-state index in [4.69, 9.17) is 12.2 Å². The largest absolute Gasteiger partial charge is 0.465 e. The Labute approximate surface area is 113 Å². The van der Waals surface area contributed by atoms with Crippen LogP contribution < -0.4 is 10.6 Å². The molecule has 4 nitrogen and oxygen atoms in total. The molecule has 1 rings (SSSR count). The normalized spacial score (nSPS) is 10.7. The molecule has 0 heterocycles. The Morgan fingerprint density at radius 3 is 2.56 bits per heavy atom. The van der Waals surface area contributed by atoms with Crippen LogP contribution in [0.15, 0.2) is 24.3 Å². The molecule has 0 atom stereocenters. The molecule has 5 heteroatoms. The molecular weight excluding hydrogens is 248 g/mol. The molecule has 0 aliphatic rings. The number of hydrogen-bond donors (Lipinski definition) is 2. The molecule has 0 aliphatic heterocycles. The molecule has 1 aromatic rings. The molecule has 98 valence electrons. The minimum Gasteiger partial charge on any atom is -0.465 e. The van der Waals surface area contributed by atoms with Crippen LogP contribution in [0.3, 0.4) is 0 Å². The first-order chi connectivity index (χ1) is 8.31. The van der Waals surface area contributed by atoms with E-state index in [-0.39, 0.29) is 11.5 Å². The first-order valence-corrected chi connectivity index (χ1v) is 6.00. The molecule has 0 fully saturated rings. The number of rotatable bonds is 2. The summed E-state index contributed by atoms with van der Waals surface area (Å²) in [7, 11) is 1.36. The molecule has 0 saturated heterocycles. The van der Waals surface area contributed by atoms with E-state index in [1.54, 1.807) is 18.2 Å². The average Bonchev–Trinajstić information content (AvgIpc) is 2.25. The third-order valence-electron chi connectivity index (χ3n) is 2.03. The van der Waals surface area contributed by atoms with E-state index >= 15 is 0 Å². The van der Waals surface area contributed by atoms with Crippen molar-refractivity contribution in [3.05, 3.63) is 29.8 Å². The third-order valence-corrected chi connectivity index (χ3v) is 2.23. The van der Waals surface area contributed by atoms with Crippen LogP contribution in [-0.4, -0.2) is 23.7 Å². The van der Waals surface area contributed by atoms with E-state index in [1.807, 2.05) is 26.8 Å². The van der Waals surface area contributed by atoms with Crippen LogP contribution in [0.2, 0.25) is 0 Å². The highest BCUT2D eigenvalue weighted by Crippen LogP contribution is 2.12. The number of esters is 1. The lowest BCUT2D eigenvalue weighted by atomic mass is 10.1. The van der Waals surface area contributed by atoms with Crippen LogP contribution in [0.4, 0.5) is 5.69 Å². The molecule has 0 unspecified atom stereocenters. The number of nitrogens with one attached hydrogen (secondary N) is 2. The van der Waals surface area contributed by atoms with E-state index in [0.717, 1.165) is 5.69 Å². The van der Waals surface area contributed by atoms with Gasteiger partial charge in [0.15, 0.2) is 5.11 Å². The number of carbonyl (C=O) groups excluding carboxylic acids is 1. The summed E-state index contributed by atoms with van der Waals surface area (Å²) in [4.78, 5) is 11.4. The zero-order chi connectivity index (χ0) is 13.8. The maximum atomic E-state index is 11.4. The zero-order valence-electron chi connectivity index (χ0n) is 11.0. The van der Waals surface area contributed by atoms with E-state index in [9.17, 15) is 4.79 Å². The Kier molecular flexibility index (Phi) is 4.67. The molecule has 1 aromatic carbocycles. The minimum atomic E-state index is -0.367. The monoisotopic (exact) mass is 266 g/mol. The smallest absolute Gasteiger partial charge is 0.337 e. The van der Waals surface area contributed by atoms with Gasteiger partial charge >= 0.3 is 5.97 Å². The molecule has 2 N–H and O–H groups in total. The van der Waals surface area contributed by atoms with Crippen molar-refractivity contribution in [2.24, 2.45) is 0 Å². The van der Waals surface area contributed by atoms with Gasteiger partial charge in [-0.2, -0.15) is 0 Å². The van der Waals surface area contributed by atoms with Crippen molar-refractivity contribution in [1.82, 2.24) is 5.32 Å². The van der Waals surface area contributed by atoms with Crippen molar-refractivity contribution in [2.45, 2.75) is 26.3 Å². The molecule has 0 aromatic heterocycles. The number of anilines is 1. The average molecular weight is 266 g/mol. The van der Waals surface area contributed by atoms with Gasteiger partial charge in [0.25, 0.3) is 0 Å². The Balaban J connectivity index is 2.74. The molecule has 0 spiro atoms.